The maximum atomic E-state index is 13.8. The average Bonchev–Trinajstić information content (AvgIpc) is 3.18. The third kappa shape index (κ3) is 5.02. The molecule has 31 heavy (non-hydrogen) atoms. The van der Waals surface area contributed by atoms with E-state index in [1.54, 1.807) is 42.3 Å². The van der Waals surface area contributed by atoms with Crippen LogP contribution in [0, 0.1) is 10.6 Å². The van der Waals surface area contributed by atoms with Crippen LogP contribution in [-0.2, 0) is 6.61 Å². The first-order valence-corrected chi connectivity index (χ1v) is 10.8. The van der Waals surface area contributed by atoms with Crippen LogP contribution >= 0.6 is 12.2 Å². The molecule has 1 heterocycles. The van der Waals surface area contributed by atoms with Crippen molar-refractivity contribution in [2.45, 2.75) is 44.6 Å². The largest absolute Gasteiger partial charge is 0.493 e. The van der Waals surface area contributed by atoms with Gasteiger partial charge in [-0.3, -0.25) is 5.10 Å². The number of aromatic nitrogens is 3. The highest BCUT2D eigenvalue weighted by atomic mass is 32.1. The Balaban J connectivity index is 1.51. The van der Waals surface area contributed by atoms with Crippen LogP contribution in [0.25, 0.3) is 0 Å². The number of hydrogen-bond donors (Lipinski definition) is 1. The molecule has 0 aliphatic heterocycles. The van der Waals surface area contributed by atoms with Gasteiger partial charge in [-0.2, -0.15) is 14.9 Å². The van der Waals surface area contributed by atoms with E-state index in [0.29, 0.717) is 27.8 Å². The third-order valence-corrected chi connectivity index (χ3v) is 5.76. The van der Waals surface area contributed by atoms with Crippen LogP contribution in [0.5, 0.6) is 11.5 Å². The highest BCUT2D eigenvalue weighted by Gasteiger charge is 2.21. The zero-order valence-corrected chi connectivity index (χ0v) is 18.2. The van der Waals surface area contributed by atoms with Gasteiger partial charge < -0.3 is 9.47 Å². The van der Waals surface area contributed by atoms with E-state index >= 15 is 0 Å². The fourth-order valence-corrected chi connectivity index (χ4v) is 4.01. The fraction of sp³-hybridized carbons (Fsp3) is 0.348. The second kappa shape index (κ2) is 9.87. The lowest BCUT2D eigenvalue weighted by Crippen LogP contribution is -2.10. The summed E-state index contributed by atoms with van der Waals surface area (Å²) in [4.78, 5) is 0. The standard InChI is InChI=1S/C23H25FN4O2S/c1-29-21-13-16(11-12-20(21)30-15-18-9-5-6-10-19(18)24)14-25-28-22(26-27-23(28)31)17-7-3-2-4-8-17/h5-6,9-14,17H,2-4,7-8,15H2,1H3,(H,27,31)/b25-14-. The van der Waals surface area contributed by atoms with Crippen molar-refractivity contribution in [2.75, 3.05) is 7.11 Å². The number of methoxy groups -OCH3 is 1. The molecule has 162 valence electrons. The van der Waals surface area contributed by atoms with Gasteiger partial charge in [-0.25, -0.2) is 4.39 Å². The fourth-order valence-electron chi connectivity index (χ4n) is 3.82. The Morgan fingerprint density at radius 1 is 1.19 bits per heavy atom. The van der Waals surface area contributed by atoms with Crippen LogP contribution in [0.1, 0.15) is 55.0 Å². The van der Waals surface area contributed by atoms with Crippen molar-refractivity contribution < 1.29 is 13.9 Å². The summed E-state index contributed by atoms with van der Waals surface area (Å²) in [6.45, 7) is 0.116. The Bertz CT molecular complexity index is 1120. The van der Waals surface area contributed by atoms with E-state index in [0.717, 1.165) is 24.2 Å². The summed E-state index contributed by atoms with van der Waals surface area (Å²) in [5, 5.41) is 11.9. The number of nitrogens with zero attached hydrogens (tertiary/aromatic N) is 3. The maximum Gasteiger partial charge on any atom is 0.216 e. The maximum absolute atomic E-state index is 13.8. The number of halogens is 1. The molecule has 0 amide bonds. The molecule has 0 spiro atoms. The normalized spacial score (nSPS) is 14.8. The van der Waals surface area contributed by atoms with Crippen LogP contribution in [-0.4, -0.2) is 28.2 Å². The van der Waals surface area contributed by atoms with Crippen LogP contribution < -0.4 is 9.47 Å². The third-order valence-electron chi connectivity index (χ3n) is 5.50. The van der Waals surface area contributed by atoms with E-state index in [1.807, 2.05) is 12.1 Å². The molecule has 1 N–H and O–H groups in total. The van der Waals surface area contributed by atoms with Gasteiger partial charge in [-0.05, 0) is 54.9 Å². The molecule has 0 radical (unpaired) electrons. The van der Waals surface area contributed by atoms with E-state index in [9.17, 15) is 4.39 Å². The van der Waals surface area contributed by atoms with Crippen LogP contribution in [0.4, 0.5) is 4.39 Å². The molecular weight excluding hydrogens is 415 g/mol. The van der Waals surface area contributed by atoms with Gasteiger partial charge >= 0.3 is 0 Å². The van der Waals surface area contributed by atoms with Gasteiger partial charge in [-0.15, -0.1) is 0 Å². The van der Waals surface area contributed by atoms with E-state index < -0.39 is 0 Å². The summed E-state index contributed by atoms with van der Waals surface area (Å²) in [5.74, 6) is 2.05. The smallest absolute Gasteiger partial charge is 0.216 e. The van der Waals surface area contributed by atoms with E-state index in [4.69, 9.17) is 21.7 Å². The number of ether oxygens (including phenoxy) is 2. The minimum absolute atomic E-state index is 0.116. The number of rotatable bonds is 7. The molecule has 1 aliphatic carbocycles. The van der Waals surface area contributed by atoms with Crippen molar-refractivity contribution in [2.24, 2.45) is 5.10 Å². The molecule has 2 aromatic carbocycles. The molecule has 1 aromatic heterocycles. The highest BCUT2D eigenvalue weighted by molar-refractivity contribution is 7.71. The molecule has 0 atom stereocenters. The zero-order chi connectivity index (χ0) is 21.6. The summed E-state index contributed by atoms with van der Waals surface area (Å²) in [6.07, 6.45) is 7.63. The van der Waals surface area contributed by atoms with E-state index in [2.05, 4.69) is 15.3 Å². The molecule has 0 bridgehead atoms. The van der Waals surface area contributed by atoms with E-state index in [1.165, 1.54) is 25.3 Å². The first kappa shape index (κ1) is 21.2. The van der Waals surface area contributed by atoms with Crippen molar-refractivity contribution in [1.82, 2.24) is 14.9 Å². The van der Waals surface area contributed by atoms with Crippen LogP contribution in [0.2, 0.25) is 0 Å². The summed E-state index contributed by atoms with van der Waals surface area (Å²) in [5.41, 5.74) is 1.31. The molecule has 6 nitrogen and oxygen atoms in total. The van der Waals surface area contributed by atoms with Crippen molar-refractivity contribution in [3.05, 3.63) is 70.0 Å². The lowest BCUT2D eigenvalue weighted by molar-refractivity contribution is 0.279. The second-order valence-electron chi connectivity index (χ2n) is 7.57. The number of H-pyrrole nitrogens is 1. The molecule has 8 heteroatoms. The summed E-state index contributed by atoms with van der Waals surface area (Å²) < 4.78 is 27.2. The van der Waals surface area contributed by atoms with Gasteiger partial charge in [-0.1, -0.05) is 37.5 Å². The molecule has 1 saturated carbocycles. The molecule has 1 aliphatic rings. The number of benzene rings is 2. The predicted octanol–water partition coefficient (Wildman–Crippen LogP) is 5.60. The summed E-state index contributed by atoms with van der Waals surface area (Å²) in [7, 11) is 1.57. The lowest BCUT2D eigenvalue weighted by Gasteiger charge is -2.19. The Labute approximate surface area is 185 Å². The summed E-state index contributed by atoms with van der Waals surface area (Å²) >= 11 is 5.37. The first-order valence-electron chi connectivity index (χ1n) is 10.4. The Hall–Kier alpha value is -3.00. The number of hydrogen-bond acceptors (Lipinski definition) is 5. The Morgan fingerprint density at radius 3 is 2.77 bits per heavy atom. The molecule has 0 saturated heterocycles. The lowest BCUT2D eigenvalue weighted by atomic mass is 9.89. The quantitative estimate of drug-likeness (QED) is 0.384. The van der Waals surface area contributed by atoms with Crippen LogP contribution in [0.3, 0.4) is 0 Å². The second-order valence-corrected chi connectivity index (χ2v) is 7.96. The van der Waals surface area contributed by atoms with Crippen molar-refractivity contribution in [3.63, 3.8) is 0 Å². The van der Waals surface area contributed by atoms with Crippen molar-refractivity contribution >= 4 is 18.4 Å². The molecule has 0 unspecified atom stereocenters. The minimum atomic E-state index is -0.296. The van der Waals surface area contributed by atoms with Gasteiger partial charge in [0.15, 0.2) is 17.3 Å². The Morgan fingerprint density at radius 2 is 2.00 bits per heavy atom. The van der Waals surface area contributed by atoms with Gasteiger partial charge in [0.1, 0.15) is 12.4 Å². The predicted molar refractivity (Wildman–Crippen MR) is 120 cm³/mol. The van der Waals surface area contributed by atoms with Gasteiger partial charge in [0.2, 0.25) is 4.77 Å². The van der Waals surface area contributed by atoms with E-state index in [-0.39, 0.29) is 12.4 Å². The topological polar surface area (TPSA) is 64.4 Å². The van der Waals surface area contributed by atoms with Crippen molar-refractivity contribution in [3.8, 4) is 11.5 Å². The SMILES string of the molecule is COc1cc(/C=N\n2c(C3CCCCC3)n[nH]c2=S)ccc1OCc1ccccc1F. The average molecular weight is 441 g/mol. The molecular formula is C23H25FN4O2S. The first-order chi connectivity index (χ1) is 15.2. The van der Waals surface area contributed by atoms with Crippen molar-refractivity contribution in [1.29, 1.82) is 0 Å². The van der Waals surface area contributed by atoms with Gasteiger partial charge in [0.05, 0.1) is 13.3 Å². The highest BCUT2D eigenvalue weighted by Crippen LogP contribution is 2.32. The molecule has 1 fully saturated rings. The van der Waals surface area contributed by atoms with Gasteiger partial charge in [0, 0.05) is 11.5 Å². The molecule has 3 aromatic rings. The Kier molecular flexibility index (Phi) is 6.76. The number of nitrogens with one attached hydrogen (secondary N) is 1. The summed E-state index contributed by atoms with van der Waals surface area (Å²) in [6, 6.07) is 12.0. The number of aromatic amines is 1. The van der Waals surface area contributed by atoms with Crippen LogP contribution in [0.15, 0.2) is 47.6 Å². The monoisotopic (exact) mass is 440 g/mol. The van der Waals surface area contributed by atoms with Gasteiger partial charge in [0.25, 0.3) is 0 Å². The zero-order valence-electron chi connectivity index (χ0n) is 17.4. The minimum Gasteiger partial charge on any atom is -0.493 e. The molecule has 4 rings (SSSR count).